The number of sulfonamides is 1. The normalized spacial score (nSPS) is 12.9. The highest BCUT2D eigenvalue weighted by Gasteiger charge is 2.24. The second-order valence-corrected chi connectivity index (χ2v) is 8.28. The molecule has 3 rings (SSSR count). The van der Waals surface area contributed by atoms with E-state index in [0.717, 1.165) is 28.1 Å². The summed E-state index contributed by atoms with van der Waals surface area (Å²) < 4.78 is 54.6. The second kappa shape index (κ2) is 7.03. The number of halogens is 2. The lowest BCUT2D eigenvalue weighted by Gasteiger charge is -2.18. The largest absolute Gasteiger partial charge is 0.241 e. The molecular formula is C18H15F2NO2S2. The standard InChI is InChI=1S/C18H15F2NO2S2/c1-12-4-6-13(7-5-12)18(17-3-2-8-24-17)21-25(22,23)16-10-14(19)9-15(20)11-16/h2-11,18,21H,1H3/t18-/m1/s1. The third-order valence-electron chi connectivity index (χ3n) is 3.66. The van der Waals surface area contributed by atoms with Crippen molar-refractivity contribution in [3.8, 4) is 0 Å². The molecule has 0 bridgehead atoms. The predicted molar refractivity (Wildman–Crippen MR) is 94.0 cm³/mol. The summed E-state index contributed by atoms with van der Waals surface area (Å²) in [5.41, 5.74) is 1.79. The van der Waals surface area contributed by atoms with Gasteiger partial charge in [0.25, 0.3) is 0 Å². The van der Waals surface area contributed by atoms with E-state index in [2.05, 4.69) is 4.72 Å². The first-order valence-corrected chi connectivity index (χ1v) is 9.80. The van der Waals surface area contributed by atoms with E-state index in [0.29, 0.717) is 6.07 Å². The van der Waals surface area contributed by atoms with Crippen LogP contribution in [0.4, 0.5) is 8.78 Å². The van der Waals surface area contributed by atoms with Gasteiger partial charge in [-0.1, -0.05) is 35.9 Å². The number of rotatable bonds is 5. The van der Waals surface area contributed by atoms with Gasteiger partial charge in [0, 0.05) is 10.9 Å². The first kappa shape index (κ1) is 17.7. The zero-order valence-electron chi connectivity index (χ0n) is 13.2. The van der Waals surface area contributed by atoms with Gasteiger partial charge in [-0.2, -0.15) is 4.72 Å². The average Bonchev–Trinajstić information content (AvgIpc) is 3.07. The molecule has 1 N–H and O–H groups in total. The molecule has 0 unspecified atom stereocenters. The highest BCUT2D eigenvalue weighted by molar-refractivity contribution is 7.89. The maximum atomic E-state index is 13.4. The third kappa shape index (κ3) is 4.12. The number of benzene rings is 2. The Morgan fingerprint density at radius 1 is 1.00 bits per heavy atom. The lowest BCUT2D eigenvalue weighted by Crippen LogP contribution is -2.29. The molecule has 0 spiro atoms. The van der Waals surface area contributed by atoms with E-state index in [1.165, 1.54) is 11.3 Å². The number of hydrogen-bond acceptors (Lipinski definition) is 3. The van der Waals surface area contributed by atoms with Crippen molar-refractivity contribution in [1.82, 2.24) is 4.72 Å². The van der Waals surface area contributed by atoms with E-state index < -0.39 is 32.6 Å². The summed E-state index contributed by atoms with van der Waals surface area (Å²) in [6.45, 7) is 1.93. The van der Waals surface area contributed by atoms with Gasteiger partial charge in [-0.15, -0.1) is 11.3 Å². The first-order chi connectivity index (χ1) is 11.8. The monoisotopic (exact) mass is 379 g/mol. The molecule has 3 aromatic rings. The van der Waals surface area contributed by atoms with E-state index in [9.17, 15) is 17.2 Å². The molecule has 1 heterocycles. The van der Waals surface area contributed by atoms with Crippen molar-refractivity contribution in [3.05, 3.63) is 87.6 Å². The van der Waals surface area contributed by atoms with Crippen LogP contribution in [0.1, 0.15) is 22.0 Å². The Morgan fingerprint density at radius 2 is 1.64 bits per heavy atom. The summed E-state index contributed by atoms with van der Waals surface area (Å²) in [4.78, 5) is 0.336. The average molecular weight is 379 g/mol. The van der Waals surface area contributed by atoms with Crippen LogP contribution in [0.25, 0.3) is 0 Å². The summed E-state index contributed by atoms with van der Waals surface area (Å²) in [6.07, 6.45) is 0. The fourth-order valence-electron chi connectivity index (χ4n) is 2.41. The molecule has 25 heavy (non-hydrogen) atoms. The van der Waals surface area contributed by atoms with Gasteiger partial charge in [-0.25, -0.2) is 17.2 Å². The molecule has 0 radical (unpaired) electrons. The van der Waals surface area contributed by atoms with Crippen LogP contribution in [0.3, 0.4) is 0 Å². The summed E-state index contributed by atoms with van der Waals surface area (Å²) in [7, 11) is -4.11. The molecule has 3 nitrogen and oxygen atoms in total. The fourth-order valence-corrected chi connectivity index (χ4v) is 4.53. The van der Waals surface area contributed by atoms with Gasteiger partial charge in [0.15, 0.2) is 0 Å². The highest BCUT2D eigenvalue weighted by atomic mass is 32.2. The smallest absolute Gasteiger partial charge is 0.207 e. The van der Waals surface area contributed by atoms with Crippen molar-refractivity contribution in [2.24, 2.45) is 0 Å². The molecule has 2 aromatic carbocycles. The quantitative estimate of drug-likeness (QED) is 0.714. The van der Waals surface area contributed by atoms with Crippen LogP contribution < -0.4 is 4.72 Å². The van der Waals surface area contributed by atoms with Crippen molar-refractivity contribution < 1.29 is 17.2 Å². The van der Waals surface area contributed by atoms with Crippen LogP contribution in [-0.4, -0.2) is 8.42 Å². The number of hydrogen-bond donors (Lipinski definition) is 1. The van der Waals surface area contributed by atoms with Crippen LogP contribution in [0, 0.1) is 18.6 Å². The van der Waals surface area contributed by atoms with Gasteiger partial charge >= 0.3 is 0 Å². The zero-order valence-corrected chi connectivity index (χ0v) is 14.9. The SMILES string of the molecule is Cc1ccc([C@@H](NS(=O)(=O)c2cc(F)cc(F)c2)c2cccs2)cc1. The van der Waals surface area contributed by atoms with E-state index in [-0.39, 0.29) is 0 Å². The molecule has 0 saturated carbocycles. The van der Waals surface area contributed by atoms with Gasteiger partial charge < -0.3 is 0 Å². The molecule has 130 valence electrons. The number of nitrogens with one attached hydrogen (secondary N) is 1. The minimum Gasteiger partial charge on any atom is -0.207 e. The summed E-state index contributed by atoms with van der Waals surface area (Å²) >= 11 is 1.40. The Bertz CT molecular complexity index is 949. The van der Waals surface area contributed by atoms with Crippen LogP contribution in [0.15, 0.2) is 64.9 Å². The van der Waals surface area contributed by atoms with Crippen LogP contribution in [0.2, 0.25) is 0 Å². The van der Waals surface area contributed by atoms with E-state index in [1.807, 2.05) is 48.7 Å². The van der Waals surface area contributed by atoms with Crippen molar-refractivity contribution in [1.29, 1.82) is 0 Å². The molecular weight excluding hydrogens is 364 g/mol. The Balaban J connectivity index is 2.01. The van der Waals surface area contributed by atoms with E-state index in [4.69, 9.17) is 0 Å². The third-order valence-corrected chi connectivity index (χ3v) is 6.00. The van der Waals surface area contributed by atoms with Crippen molar-refractivity contribution in [3.63, 3.8) is 0 Å². The molecule has 0 aliphatic rings. The molecule has 1 aromatic heterocycles. The maximum absolute atomic E-state index is 13.4. The summed E-state index contributed by atoms with van der Waals surface area (Å²) in [5.74, 6) is -1.88. The fraction of sp³-hybridized carbons (Fsp3) is 0.111. The van der Waals surface area contributed by atoms with Crippen molar-refractivity contribution in [2.45, 2.75) is 17.9 Å². The molecule has 1 atom stereocenters. The lowest BCUT2D eigenvalue weighted by atomic mass is 10.0. The zero-order chi connectivity index (χ0) is 18.0. The number of aryl methyl sites for hydroxylation is 1. The summed E-state index contributed by atoms with van der Waals surface area (Å²) in [6, 6.07) is 12.6. The molecule has 0 amide bonds. The number of thiophene rings is 1. The lowest BCUT2D eigenvalue weighted by molar-refractivity contribution is 0.557. The Hall–Kier alpha value is -2.09. The van der Waals surface area contributed by atoms with Crippen molar-refractivity contribution in [2.75, 3.05) is 0 Å². The minimum absolute atomic E-state index is 0.446. The van der Waals surface area contributed by atoms with E-state index in [1.54, 1.807) is 0 Å². The Kier molecular flexibility index (Phi) is 4.99. The molecule has 0 aliphatic carbocycles. The van der Waals surface area contributed by atoms with Gasteiger partial charge in [0.2, 0.25) is 10.0 Å². The predicted octanol–water partition coefficient (Wildman–Crippen LogP) is 4.40. The Labute approximate surface area is 149 Å². The molecule has 0 saturated heterocycles. The van der Waals surface area contributed by atoms with Gasteiger partial charge in [0.1, 0.15) is 11.6 Å². The molecule has 7 heteroatoms. The first-order valence-electron chi connectivity index (χ1n) is 7.43. The van der Waals surface area contributed by atoms with Crippen LogP contribution in [0.5, 0.6) is 0 Å². The Morgan fingerprint density at radius 3 is 2.20 bits per heavy atom. The van der Waals surface area contributed by atoms with Gasteiger partial charge in [-0.3, -0.25) is 0 Å². The van der Waals surface area contributed by atoms with Crippen LogP contribution >= 0.6 is 11.3 Å². The highest BCUT2D eigenvalue weighted by Crippen LogP contribution is 2.28. The second-order valence-electron chi connectivity index (χ2n) is 5.59. The van der Waals surface area contributed by atoms with Crippen LogP contribution in [-0.2, 0) is 10.0 Å². The van der Waals surface area contributed by atoms with E-state index >= 15 is 0 Å². The topological polar surface area (TPSA) is 46.2 Å². The van der Waals surface area contributed by atoms with Gasteiger partial charge in [0.05, 0.1) is 10.9 Å². The molecule has 0 fully saturated rings. The van der Waals surface area contributed by atoms with Crippen molar-refractivity contribution >= 4 is 21.4 Å². The van der Waals surface area contributed by atoms with Gasteiger partial charge in [-0.05, 0) is 36.1 Å². The maximum Gasteiger partial charge on any atom is 0.241 e. The summed E-state index contributed by atoms with van der Waals surface area (Å²) in [5, 5.41) is 1.84. The molecule has 0 aliphatic heterocycles. The minimum atomic E-state index is -4.11.